The van der Waals surface area contributed by atoms with Gasteiger partial charge < -0.3 is 0 Å². The third-order valence-electron chi connectivity index (χ3n) is 2.47. The Kier molecular flexibility index (Phi) is 2.75. The molecular formula is C10H12ClNO2S. The normalized spacial score (nSPS) is 25.2. The zero-order valence-corrected chi connectivity index (χ0v) is 9.92. The first kappa shape index (κ1) is 10.9. The van der Waals surface area contributed by atoms with E-state index < -0.39 is 10.0 Å². The standard InChI is InChI=1S/C10H12ClNO2S/c1-8-2-4-10(5-3-8)15(13,14)12-7-9(12)6-11/h2-5,9H,6-7H2,1H3. The Balaban J connectivity index is 2.27. The average molecular weight is 246 g/mol. The molecule has 2 rings (SSSR count). The molecule has 1 aliphatic rings. The number of sulfonamides is 1. The van der Waals surface area contributed by atoms with E-state index in [1.165, 1.54) is 4.31 Å². The lowest BCUT2D eigenvalue weighted by Crippen LogP contribution is -2.15. The molecule has 1 saturated heterocycles. The molecule has 0 amide bonds. The molecule has 0 saturated carbocycles. The van der Waals surface area contributed by atoms with Crippen LogP contribution >= 0.6 is 11.6 Å². The maximum Gasteiger partial charge on any atom is 0.243 e. The number of hydrogen-bond acceptors (Lipinski definition) is 2. The molecule has 1 aliphatic heterocycles. The minimum Gasteiger partial charge on any atom is -0.207 e. The van der Waals surface area contributed by atoms with Gasteiger partial charge in [0.05, 0.1) is 10.9 Å². The van der Waals surface area contributed by atoms with Crippen molar-refractivity contribution in [1.29, 1.82) is 0 Å². The lowest BCUT2D eigenvalue weighted by molar-refractivity contribution is 0.556. The molecule has 2 unspecified atom stereocenters. The molecule has 0 aromatic heterocycles. The Morgan fingerprint density at radius 1 is 1.40 bits per heavy atom. The second kappa shape index (κ2) is 3.77. The van der Waals surface area contributed by atoms with Crippen LogP contribution in [0, 0.1) is 6.92 Å². The quantitative estimate of drug-likeness (QED) is 0.599. The fraction of sp³-hybridized carbons (Fsp3) is 0.400. The number of alkyl halides is 1. The predicted octanol–water partition coefficient (Wildman–Crippen LogP) is 1.61. The van der Waals surface area contributed by atoms with Crippen molar-refractivity contribution < 1.29 is 8.42 Å². The predicted molar refractivity (Wildman–Crippen MR) is 59.6 cm³/mol. The first-order valence-corrected chi connectivity index (χ1v) is 6.67. The average Bonchev–Trinajstić information content (AvgIpc) is 2.98. The Morgan fingerprint density at radius 2 is 2.00 bits per heavy atom. The van der Waals surface area contributed by atoms with Crippen molar-refractivity contribution in [3.8, 4) is 0 Å². The SMILES string of the molecule is Cc1ccc(S(=O)(=O)N2CC2CCl)cc1. The molecule has 0 N–H and O–H groups in total. The molecule has 1 aromatic rings. The monoisotopic (exact) mass is 245 g/mol. The summed E-state index contributed by atoms with van der Waals surface area (Å²) >= 11 is 5.61. The van der Waals surface area contributed by atoms with Gasteiger partial charge in [-0.25, -0.2) is 8.42 Å². The maximum atomic E-state index is 11.9. The molecule has 15 heavy (non-hydrogen) atoms. The Hall–Kier alpha value is -0.580. The van der Waals surface area contributed by atoms with Crippen LogP contribution in [0.2, 0.25) is 0 Å². The van der Waals surface area contributed by atoms with Crippen molar-refractivity contribution in [1.82, 2.24) is 4.31 Å². The van der Waals surface area contributed by atoms with Gasteiger partial charge in [-0.15, -0.1) is 11.6 Å². The summed E-state index contributed by atoms with van der Waals surface area (Å²) in [5.74, 6) is 0.366. The summed E-state index contributed by atoms with van der Waals surface area (Å²) in [5.41, 5.74) is 1.05. The lowest BCUT2D eigenvalue weighted by Gasteiger charge is -2.05. The number of hydrogen-bond donors (Lipinski definition) is 0. The molecule has 5 heteroatoms. The van der Waals surface area contributed by atoms with Gasteiger partial charge in [0.15, 0.2) is 0 Å². The van der Waals surface area contributed by atoms with Gasteiger partial charge in [-0.3, -0.25) is 0 Å². The van der Waals surface area contributed by atoms with E-state index in [-0.39, 0.29) is 6.04 Å². The largest absolute Gasteiger partial charge is 0.243 e. The minimum absolute atomic E-state index is 0.0158. The number of benzene rings is 1. The fourth-order valence-electron chi connectivity index (χ4n) is 1.43. The van der Waals surface area contributed by atoms with Crippen molar-refractivity contribution in [3.63, 3.8) is 0 Å². The van der Waals surface area contributed by atoms with Gasteiger partial charge in [0.1, 0.15) is 0 Å². The highest BCUT2D eigenvalue weighted by atomic mass is 35.5. The molecule has 0 spiro atoms. The fourth-order valence-corrected chi connectivity index (χ4v) is 3.36. The van der Waals surface area contributed by atoms with Crippen LogP contribution in [-0.2, 0) is 10.0 Å². The molecule has 0 bridgehead atoms. The van der Waals surface area contributed by atoms with E-state index in [9.17, 15) is 8.42 Å². The third-order valence-corrected chi connectivity index (χ3v) is 4.76. The van der Waals surface area contributed by atoms with Gasteiger partial charge in [-0.05, 0) is 19.1 Å². The molecule has 1 fully saturated rings. The molecule has 3 nitrogen and oxygen atoms in total. The van der Waals surface area contributed by atoms with Gasteiger partial charge in [0.25, 0.3) is 0 Å². The zero-order chi connectivity index (χ0) is 11.1. The summed E-state index contributed by atoms with van der Waals surface area (Å²) in [4.78, 5) is 0.348. The van der Waals surface area contributed by atoms with Crippen LogP contribution in [-0.4, -0.2) is 31.2 Å². The van der Waals surface area contributed by atoms with Crippen LogP contribution in [0.25, 0.3) is 0 Å². The van der Waals surface area contributed by atoms with Crippen molar-refractivity contribution in [3.05, 3.63) is 29.8 Å². The number of aryl methyl sites for hydroxylation is 1. The Bertz CT molecular complexity index is 455. The molecule has 0 aliphatic carbocycles. The van der Waals surface area contributed by atoms with E-state index in [4.69, 9.17) is 11.6 Å². The van der Waals surface area contributed by atoms with Crippen LogP contribution in [0.5, 0.6) is 0 Å². The van der Waals surface area contributed by atoms with Crippen LogP contribution in [0.1, 0.15) is 5.56 Å². The first-order chi connectivity index (χ1) is 7.05. The lowest BCUT2D eigenvalue weighted by atomic mass is 10.2. The highest BCUT2D eigenvalue weighted by molar-refractivity contribution is 7.89. The highest BCUT2D eigenvalue weighted by Crippen LogP contribution is 2.28. The van der Waals surface area contributed by atoms with E-state index in [0.717, 1.165) is 5.56 Å². The summed E-state index contributed by atoms with van der Waals surface area (Å²) in [6.07, 6.45) is 0. The second-order valence-electron chi connectivity index (χ2n) is 3.70. The van der Waals surface area contributed by atoms with Gasteiger partial charge in [-0.2, -0.15) is 4.31 Å². The van der Waals surface area contributed by atoms with Gasteiger partial charge in [-0.1, -0.05) is 17.7 Å². The summed E-state index contributed by atoms with van der Waals surface area (Å²) < 4.78 is 25.3. The molecule has 2 atom stereocenters. The molecule has 1 heterocycles. The zero-order valence-electron chi connectivity index (χ0n) is 8.35. The molecule has 82 valence electrons. The van der Waals surface area contributed by atoms with Crippen molar-refractivity contribution in [2.45, 2.75) is 17.9 Å². The van der Waals surface area contributed by atoms with Crippen LogP contribution in [0.3, 0.4) is 0 Å². The van der Waals surface area contributed by atoms with E-state index in [1.54, 1.807) is 24.3 Å². The highest BCUT2D eigenvalue weighted by Gasteiger charge is 2.43. The summed E-state index contributed by atoms with van der Waals surface area (Å²) in [6.45, 7) is 2.47. The van der Waals surface area contributed by atoms with Crippen molar-refractivity contribution >= 4 is 21.6 Å². The van der Waals surface area contributed by atoms with Crippen LogP contribution in [0.15, 0.2) is 29.2 Å². The molecular weight excluding hydrogens is 234 g/mol. The molecule has 1 aromatic carbocycles. The number of rotatable bonds is 3. The van der Waals surface area contributed by atoms with Gasteiger partial charge in [0.2, 0.25) is 10.0 Å². The van der Waals surface area contributed by atoms with Gasteiger partial charge >= 0.3 is 0 Å². The number of halogens is 1. The maximum absolute atomic E-state index is 11.9. The topological polar surface area (TPSA) is 37.1 Å². The smallest absolute Gasteiger partial charge is 0.207 e. The summed E-state index contributed by atoms with van der Waals surface area (Å²) in [6, 6.07) is 6.85. The Labute approximate surface area is 94.7 Å². The van der Waals surface area contributed by atoms with Crippen molar-refractivity contribution in [2.75, 3.05) is 12.4 Å². The minimum atomic E-state index is -3.29. The van der Waals surface area contributed by atoms with E-state index >= 15 is 0 Å². The number of nitrogens with zero attached hydrogens (tertiary/aromatic N) is 1. The first-order valence-electron chi connectivity index (χ1n) is 4.70. The van der Waals surface area contributed by atoms with Gasteiger partial charge in [0, 0.05) is 12.4 Å². The summed E-state index contributed by atoms with van der Waals surface area (Å²) in [7, 11) is -3.29. The third kappa shape index (κ3) is 2.02. The van der Waals surface area contributed by atoms with Crippen molar-refractivity contribution in [2.24, 2.45) is 0 Å². The Morgan fingerprint density at radius 3 is 2.47 bits per heavy atom. The summed E-state index contributed by atoms with van der Waals surface area (Å²) in [5, 5.41) is 0. The van der Waals surface area contributed by atoms with Crippen LogP contribution < -0.4 is 0 Å². The second-order valence-corrected chi connectivity index (χ2v) is 5.90. The van der Waals surface area contributed by atoms with E-state index in [2.05, 4.69) is 0 Å². The van der Waals surface area contributed by atoms with E-state index in [1.807, 2.05) is 6.92 Å². The van der Waals surface area contributed by atoms with E-state index in [0.29, 0.717) is 17.3 Å². The van der Waals surface area contributed by atoms with Crippen LogP contribution in [0.4, 0.5) is 0 Å². The molecule has 0 radical (unpaired) electrons.